The summed E-state index contributed by atoms with van der Waals surface area (Å²) in [6.45, 7) is 7.01. The summed E-state index contributed by atoms with van der Waals surface area (Å²) in [6, 6.07) is 9.88. The largest absolute Gasteiger partial charge is 0.358 e. The lowest BCUT2D eigenvalue weighted by Crippen LogP contribution is -2.35. The third-order valence-electron chi connectivity index (χ3n) is 5.73. The monoisotopic (exact) mass is 444 g/mol. The molecule has 4 rings (SSSR count). The van der Waals surface area contributed by atoms with Crippen molar-refractivity contribution in [1.29, 1.82) is 0 Å². The van der Waals surface area contributed by atoms with Gasteiger partial charge in [0.25, 0.3) is 0 Å². The summed E-state index contributed by atoms with van der Waals surface area (Å²) in [5, 5.41) is 7.62. The second kappa shape index (κ2) is 9.79. The van der Waals surface area contributed by atoms with E-state index in [0.29, 0.717) is 23.5 Å². The van der Waals surface area contributed by atoms with E-state index in [1.165, 1.54) is 25.7 Å². The van der Waals surface area contributed by atoms with Crippen molar-refractivity contribution in [3.8, 4) is 0 Å². The fourth-order valence-electron chi connectivity index (χ4n) is 4.11. The van der Waals surface area contributed by atoms with Crippen LogP contribution in [0.2, 0.25) is 5.02 Å². The van der Waals surface area contributed by atoms with Crippen molar-refractivity contribution >= 4 is 46.5 Å². The van der Waals surface area contributed by atoms with Crippen molar-refractivity contribution in [2.45, 2.75) is 39.2 Å². The molecule has 2 aliphatic rings. The number of benzene rings is 1. The maximum Gasteiger partial charge on any atom is 0.232 e. The van der Waals surface area contributed by atoms with E-state index in [2.05, 4.69) is 33.4 Å². The Kier molecular flexibility index (Phi) is 6.89. The normalized spacial score (nSPS) is 19.1. The van der Waals surface area contributed by atoms with Crippen molar-refractivity contribution in [3.63, 3.8) is 0 Å². The van der Waals surface area contributed by atoms with Crippen LogP contribution in [-0.2, 0) is 6.54 Å². The summed E-state index contributed by atoms with van der Waals surface area (Å²) in [6.07, 6.45) is 4.90. The van der Waals surface area contributed by atoms with Crippen LogP contribution in [0.5, 0.6) is 0 Å². The van der Waals surface area contributed by atoms with Gasteiger partial charge in [-0.15, -0.1) is 0 Å². The molecule has 1 aromatic carbocycles. The van der Waals surface area contributed by atoms with E-state index in [9.17, 15) is 0 Å². The minimum Gasteiger partial charge on any atom is -0.358 e. The van der Waals surface area contributed by atoms with E-state index in [0.717, 1.165) is 48.4 Å². The molecule has 0 radical (unpaired) electrons. The summed E-state index contributed by atoms with van der Waals surface area (Å²) in [7, 11) is 0. The highest BCUT2D eigenvalue weighted by atomic mass is 35.5. The molecule has 0 spiro atoms. The summed E-state index contributed by atoms with van der Waals surface area (Å²) in [5.41, 5.74) is 0.998. The Bertz CT molecular complexity index is 886. The Morgan fingerprint density at radius 3 is 2.53 bits per heavy atom. The van der Waals surface area contributed by atoms with Crippen LogP contribution in [0.1, 0.15) is 38.2 Å². The van der Waals surface area contributed by atoms with E-state index < -0.39 is 0 Å². The van der Waals surface area contributed by atoms with Crippen LogP contribution in [0, 0.1) is 5.92 Å². The van der Waals surface area contributed by atoms with Crippen molar-refractivity contribution in [1.82, 2.24) is 15.3 Å². The van der Waals surface area contributed by atoms with Crippen molar-refractivity contribution < 1.29 is 0 Å². The van der Waals surface area contributed by atoms with Gasteiger partial charge in [-0.05, 0) is 55.4 Å². The number of aromatic nitrogens is 2. The second-order valence-electron chi connectivity index (χ2n) is 8.19. The summed E-state index contributed by atoms with van der Waals surface area (Å²) in [4.78, 5) is 14.3. The number of hydrogen-bond acceptors (Lipinski definition) is 5. The Labute approximate surface area is 189 Å². The Balaban J connectivity index is 1.49. The van der Waals surface area contributed by atoms with Crippen LogP contribution in [0.4, 0.5) is 17.6 Å². The van der Waals surface area contributed by atoms with Crippen LogP contribution in [-0.4, -0.2) is 41.3 Å². The molecular weight excluding hydrogens is 416 g/mol. The molecule has 6 nitrogen and oxygen atoms in total. The van der Waals surface area contributed by atoms with Gasteiger partial charge < -0.3 is 20.4 Å². The first-order valence-corrected chi connectivity index (χ1v) is 11.5. The molecule has 1 unspecified atom stereocenters. The first-order valence-electron chi connectivity index (χ1n) is 10.8. The highest BCUT2D eigenvalue weighted by molar-refractivity contribution is 7.80. The number of piperidine rings is 1. The van der Waals surface area contributed by atoms with Crippen molar-refractivity contribution in [2.24, 2.45) is 5.92 Å². The molecular formula is C22H29ClN6S. The standard InChI is InChI=1S/C22H29ClN6S/c1-16-7-6-12-29(15-16)20-13-19(28-10-4-5-11-28)25-21(26-20)27-22(30)24-14-17-8-2-3-9-18(17)23/h2-3,8-9,13,16H,4-7,10-12,14-15H2,1H3,(H2,24,25,26,27,30). The Morgan fingerprint density at radius 2 is 1.80 bits per heavy atom. The van der Waals surface area contributed by atoms with Gasteiger partial charge in [-0.1, -0.05) is 36.7 Å². The Morgan fingerprint density at radius 1 is 1.10 bits per heavy atom. The van der Waals surface area contributed by atoms with Gasteiger partial charge in [-0.2, -0.15) is 9.97 Å². The molecule has 0 amide bonds. The number of thiocarbonyl (C=S) groups is 1. The van der Waals surface area contributed by atoms with Gasteiger partial charge in [0.15, 0.2) is 5.11 Å². The topological polar surface area (TPSA) is 56.3 Å². The molecule has 0 bridgehead atoms. The van der Waals surface area contributed by atoms with Crippen molar-refractivity contribution in [3.05, 3.63) is 40.9 Å². The summed E-state index contributed by atoms with van der Waals surface area (Å²) < 4.78 is 0. The average Bonchev–Trinajstić information content (AvgIpc) is 3.28. The molecule has 2 aliphatic heterocycles. The fraction of sp³-hybridized carbons (Fsp3) is 0.500. The van der Waals surface area contributed by atoms with E-state index in [-0.39, 0.29) is 0 Å². The number of nitrogens with one attached hydrogen (secondary N) is 2. The fourth-order valence-corrected chi connectivity index (χ4v) is 4.47. The van der Waals surface area contributed by atoms with Gasteiger partial charge in [0.05, 0.1) is 0 Å². The SMILES string of the molecule is CC1CCCN(c2cc(N3CCCC3)nc(NC(=S)NCc3ccccc3Cl)n2)C1. The number of hydrogen-bond donors (Lipinski definition) is 2. The van der Waals surface area contributed by atoms with E-state index in [1.54, 1.807) is 0 Å². The quantitative estimate of drug-likeness (QED) is 0.660. The lowest BCUT2D eigenvalue weighted by molar-refractivity contribution is 0.444. The first kappa shape index (κ1) is 21.1. The van der Waals surface area contributed by atoms with E-state index in [1.807, 2.05) is 24.3 Å². The summed E-state index contributed by atoms with van der Waals surface area (Å²) in [5.74, 6) is 3.19. The smallest absolute Gasteiger partial charge is 0.232 e. The van der Waals surface area contributed by atoms with Crippen LogP contribution in [0.25, 0.3) is 0 Å². The summed E-state index contributed by atoms with van der Waals surface area (Å²) >= 11 is 11.7. The maximum atomic E-state index is 6.24. The third-order valence-corrected chi connectivity index (χ3v) is 6.35. The third kappa shape index (κ3) is 5.32. The second-order valence-corrected chi connectivity index (χ2v) is 9.01. The molecule has 2 N–H and O–H groups in total. The van der Waals surface area contributed by atoms with Gasteiger partial charge in [-0.25, -0.2) is 0 Å². The molecule has 8 heteroatoms. The minimum atomic E-state index is 0.492. The molecule has 0 saturated carbocycles. The van der Waals surface area contributed by atoms with Crippen LogP contribution >= 0.6 is 23.8 Å². The first-order chi connectivity index (χ1) is 14.6. The van der Waals surface area contributed by atoms with Crippen LogP contribution in [0.3, 0.4) is 0 Å². The number of rotatable bonds is 5. The highest BCUT2D eigenvalue weighted by Crippen LogP contribution is 2.27. The van der Waals surface area contributed by atoms with E-state index in [4.69, 9.17) is 33.8 Å². The molecule has 1 atom stereocenters. The zero-order valence-corrected chi connectivity index (χ0v) is 19.0. The maximum absolute atomic E-state index is 6.24. The lowest BCUT2D eigenvalue weighted by Gasteiger charge is -2.32. The van der Waals surface area contributed by atoms with Crippen molar-refractivity contribution in [2.75, 3.05) is 41.3 Å². The minimum absolute atomic E-state index is 0.492. The van der Waals surface area contributed by atoms with Gasteiger partial charge in [0.2, 0.25) is 5.95 Å². The van der Waals surface area contributed by atoms with Crippen LogP contribution < -0.4 is 20.4 Å². The number of anilines is 3. The Hall–Kier alpha value is -2.12. The van der Waals surface area contributed by atoms with Gasteiger partial charge in [0.1, 0.15) is 11.6 Å². The molecule has 30 heavy (non-hydrogen) atoms. The molecule has 2 aromatic rings. The molecule has 3 heterocycles. The van der Waals surface area contributed by atoms with E-state index >= 15 is 0 Å². The highest BCUT2D eigenvalue weighted by Gasteiger charge is 2.22. The number of halogens is 1. The lowest BCUT2D eigenvalue weighted by atomic mass is 10.0. The molecule has 2 saturated heterocycles. The zero-order chi connectivity index (χ0) is 20.9. The molecule has 160 valence electrons. The zero-order valence-electron chi connectivity index (χ0n) is 17.4. The molecule has 2 fully saturated rings. The number of nitrogens with zero attached hydrogens (tertiary/aromatic N) is 4. The molecule has 0 aliphatic carbocycles. The van der Waals surface area contributed by atoms with Crippen LogP contribution in [0.15, 0.2) is 30.3 Å². The van der Waals surface area contributed by atoms with Gasteiger partial charge in [0, 0.05) is 43.8 Å². The molecule has 1 aromatic heterocycles. The van der Waals surface area contributed by atoms with Gasteiger partial charge >= 0.3 is 0 Å². The average molecular weight is 445 g/mol. The predicted molar refractivity (Wildman–Crippen MR) is 129 cm³/mol. The van der Waals surface area contributed by atoms with Gasteiger partial charge in [-0.3, -0.25) is 0 Å². The predicted octanol–water partition coefficient (Wildman–Crippen LogP) is 4.45.